The number of ether oxygens (including phenoxy) is 4. The first-order valence-corrected chi connectivity index (χ1v) is 8.56. The SMILES string of the molecule is COc1ccc(C(C#CC(OC(C)=O)c2ccc(OC)cc2)OC(C)=O)cc1. The highest BCUT2D eigenvalue weighted by Gasteiger charge is 2.15. The summed E-state index contributed by atoms with van der Waals surface area (Å²) in [6.07, 6.45) is -1.61. The number of carbonyl (C=O) groups is 2. The number of esters is 2. The fourth-order valence-electron chi connectivity index (χ4n) is 2.40. The molecule has 0 saturated heterocycles. The normalized spacial score (nSPS) is 12.0. The van der Waals surface area contributed by atoms with Gasteiger partial charge in [-0.3, -0.25) is 9.59 Å². The van der Waals surface area contributed by atoms with Crippen molar-refractivity contribution in [1.82, 2.24) is 0 Å². The maximum absolute atomic E-state index is 11.5. The lowest BCUT2D eigenvalue weighted by atomic mass is 10.1. The third-order valence-corrected chi connectivity index (χ3v) is 3.75. The van der Waals surface area contributed by atoms with Crippen molar-refractivity contribution in [2.75, 3.05) is 14.2 Å². The van der Waals surface area contributed by atoms with Crippen LogP contribution in [0.4, 0.5) is 0 Å². The Bertz CT molecular complexity index is 787. The standard InChI is InChI=1S/C22H22O6/c1-15(23)27-21(17-5-9-19(25-3)10-6-17)13-14-22(28-16(2)24)18-7-11-20(26-4)12-8-18/h5-12,21-22H,1-4H3. The first kappa shape index (κ1) is 20.8. The molecular weight excluding hydrogens is 360 g/mol. The summed E-state index contributed by atoms with van der Waals surface area (Å²) in [5, 5.41) is 0. The quantitative estimate of drug-likeness (QED) is 0.561. The van der Waals surface area contributed by atoms with Crippen molar-refractivity contribution in [3.05, 3.63) is 59.7 Å². The fourth-order valence-corrected chi connectivity index (χ4v) is 2.40. The van der Waals surface area contributed by atoms with Gasteiger partial charge in [0.2, 0.25) is 0 Å². The van der Waals surface area contributed by atoms with Crippen molar-refractivity contribution in [3.63, 3.8) is 0 Å². The Morgan fingerprint density at radius 1 is 0.679 bits per heavy atom. The number of carbonyl (C=O) groups excluding carboxylic acids is 2. The van der Waals surface area contributed by atoms with Gasteiger partial charge in [0.25, 0.3) is 0 Å². The van der Waals surface area contributed by atoms with Gasteiger partial charge in [-0.25, -0.2) is 0 Å². The molecule has 28 heavy (non-hydrogen) atoms. The van der Waals surface area contributed by atoms with Crippen LogP contribution in [-0.2, 0) is 19.1 Å². The topological polar surface area (TPSA) is 71.1 Å². The third kappa shape index (κ3) is 6.06. The molecule has 2 aromatic carbocycles. The molecule has 2 aromatic rings. The summed E-state index contributed by atoms with van der Waals surface area (Å²) in [5.41, 5.74) is 1.36. The molecule has 2 unspecified atom stereocenters. The highest BCUT2D eigenvalue weighted by atomic mass is 16.5. The van der Waals surface area contributed by atoms with E-state index in [1.807, 2.05) is 0 Å². The first-order chi connectivity index (χ1) is 13.4. The second kappa shape index (κ2) is 10.0. The zero-order valence-electron chi connectivity index (χ0n) is 16.2. The molecule has 0 radical (unpaired) electrons. The smallest absolute Gasteiger partial charge is 0.304 e. The van der Waals surface area contributed by atoms with Crippen LogP contribution in [0.3, 0.4) is 0 Å². The largest absolute Gasteiger partial charge is 0.497 e. The molecule has 0 saturated carbocycles. The molecular formula is C22H22O6. The van der Waals surface area contributed by atoms with Gasteiger partial charge in [0.05, 0.1) is 14.2 Å². The Kier molecular flexibility index (Phi) is 7.46. The van der Waals surface area contributed by atoms with Crippen LogP contribution in [0.1, 0.15) is 37.2 Å². The number of rotatable bonds is 6. The minimum atomic E-state index is -0.806. The second-order valence-corrected chi connectivity index (χ2v) is 5.81. The highest BCUT2D eigenvalue weighted by molar-refractivity contribution is 5.67. The number of methoxy groups -OCH3 is 2. The Balaban J connectivity index is 2.34. The minimum Gasteiger partial charge on any atom is -0.497 e. The molecule has 0 N–H and O–H groups in total. The summed E-state index contributed by atoms with van der Waals surface area (Å²) in [4.78, 5) is 23.0. The first-order valence-electron chi connectivity index (χ1n) is 8.56. The maximum Gasteiger partial charge on any atom is 0.304 e. The Labute approximate surface area is 164 Å². The van der Waals surface area contributed by atoms with E-state index < -0.39 is 24.1 Å². The van der Waals surface area contributed by atoms with Gasteiger partial charge < -0.3 is 18.9 Å². The predicted molar refractivity (Wildman–Crippen MR) is 103 cm³/mol. The molecule has 2 atom stereocenters. The lowest BCUT2D eigenvalue weighted by Crippen LogP contribution is -2.09. The van der Waals surface area contributed by atoms with Crippen molar-refractivity contribution < 1.29 is 28.5 Å². The summed E-state index contributed by atoms with van der Waals surface area (Å²) < 4.78 is 20.9. The van der Waals surface area contributed by atoms with E-state index in [9.17, 15) is 9.59 Å². The molecule has 0 heterocycles. The number of hydrogen-bond donors (Lipinski definition) is 0. The Morgan fingerprint density at radius 2 is 1.00 bits per heavy atom. The molecule has 0 amide bonds. The van der Waals surface area contributed by atoms with Gasteiger partial charge in [-0.15, -0.1) is 0 Å². The van der Waals surface area contributed by atoms with E-state index in [0.29, 0.717) is 22.6 Å². The molecule has 2 rings (SSSR count). The molecule has 6 nitrogen and oxygen atoms in total. The van der Waals surface area contributed by atoms with Crippen molar-refractivity contribution in [1.29, 1.82) is 0 Å². The summed E-state index contributed by atoms with van der Waals surface area (Å²) in [6, 6.07) is 14.0. The zero-order chi connectivity index (χ0) is 20.5. The molecule has 6 heteroatoms. The van der Waals surface area contributed by atoms with E-state index in [-0.39, 0.29) is 0 Å². The van der Waals surface area contributed by atoms with E-state index in [1.165, 1.54) is 13.8 Å². The average Bonchev–Trinajstić information content (AvgIpc) is 2.69. The van der Waals surface area contributed by atoms with Crippen molar-refractivity contribution in [2.45, 2.75) is 26.1 Å². The monoisotopic (exact) mass is 382 g/mol. The fraction of sp³-hybridized carbons (Fsp3) is 0.273. The second-order valence-electron chi connectivity index (χ2n) is 5.81. The minimum absolute atomic E-state index is 0.469. The number of benzene rings is 2. The van der Waals surface area contributed by atoms with Gasteiger partial charge in [-0.2, -0.15) is 0 Å². The summed E-state index contributed by atoms with van der Waals surface area (Å²) >= 11 is 0. The van der Waals surface area contributed by atoms with Gasteiger partial charge in [0.15, 0.2) is 12.2 Å². The van der Waals surface area contributed by atoms with E-state index >= 15 is 0 Å². The molecule has 0 aliphatic heterocycles. The van der Waals surface area contributed by atoms with Crippen LogP contribution >= 0.6 is 0 Å². The predicted octanol–water partition coefficient (Wildman–Crippen LogP) is 3.62. The molecule has 0 aromatic heterocycles. The molecule has 0 bridgehead atoms. The van der Waals surface area contributed by atoms with Gasteiger partial charge in [0, 0.05) is 25.0 Å². The van der Waals surface area contributed by atoms with Crippen molar-refractivity contribution in [3.8, 4) is 23.3 Å². The highest BCUT2D eigenvalue weighted by Crippen LogP contribution is 2.23. The summed E-state index contributed by atoms with van der Waals surface area (Å²) in [5.74, 6) is 6.20. The van der Waals surface area contributed by atoms with Crippen LogP contribution in [-0.4, -0.2) is 26.2 Å². The van der Waals surface area contributed by atoms with Crippen LogP contribution < -0.4 is 9.47 Å². The van der Waals surface area contributed by atoms with E-state index in [2.05, 4.69) is 11.8 Å². The molecule has 146 valence electrons. The van der Waals surface area contributed by atoms with Crippen LogP contribution in [0.2, 0.25) is 0 Å². The molecule has 0 aliphatic carbocycles. The van der Waals surface area contributed by atoms with E-state index in [4.69, 9.17) is 18.9 Å². The summed E-state index contributed by atoms with van der Waals surface area (Å²) in [7, 11) is 3.13. The lowest BCUT2D eigenvalue weighted by molar-refractivity contribution is -0.145. The van der Waals surface area contributed by atoms with Gasteiger partial charge in [0.1, 0.15) is 11.5 Å². The molecule has 0 aliphatic rings. The Hall–Kier alpha value is -3.46. The lowest BCUT2D eigenvalue weighted by Gasteiger charge is -2.14. The van der Waals surface area contributed by atoms with Gasteiger partial charge >= 0.3 is 11.9 Å². The zero-order valence-corrected chi connectivity index (χ0v) is 16.2. The van der Waals surface area contributed by atoms with Gasteiger partial charge in [-0.1, -0.05) is 24.3 Å². The van der Waals surface area contributed by atoms with Crippen LogP contribution in [0.25, 0.3) is 0 Å². The molecule has 0 fully saturated rings. The van der Waals surface area contributed by atoms with Crippen molar-refractivity contribution in [2.24, 2.45) is 0 Å². The summed E-state index contributed by atoms with van der Waals surface area (Å²) in [6.45, 7) is 2.62. The van der Waals surface area contributed by atoms with Crippen molar-refractivity contribution >= 4 is 11.9 Å². The molecule has 0 spiro atoms. The van der Waals surface area contributed by atoms with E-state index in [1.54, 1.807) is 62.8 Å². The van der Waals surface area contributed by atoms with Crippen LogP contribution in [0.15, 0.2) is 48.5 Å². The average molecular weight is 382 g/mol. The third-order valence-electron chi connectivity index (χ3n) is 3.75. The van der Waals surface area contributed by atoms with Crippen LogP contribution in [0.5, 0.6) is 11.5 Å². The van der Waals surface area contributed by atoms with Crippen LogP contribution in [0, 0.1) is 11.8 Å². The number of hydrogen-bond acceptors (Lipinski definition) is 6. The maximum atomic E-state index is 11.5. The van der Waals surface area contributed by atoms with Gasteiger partial charge in [-0.05, 0) is 36.1 Å². The Morgan fingerprint density at radius 3 is 1.25 bits per heavy atom. The van der Waals surface area contributed by atoms with E-state index in [0.717, 1.165) is 0 Å².